The van der Waals surface area contributed by atoms with Crippen molar-refractivity contribution in [2.24, 2.45) is 5.92 Å². The van der Waals surface area contributed by atoms with Crippen LogP contribution in [0.3, 0.4) is 0 Å². The Labute approximate surface area is 147 Å². The van der Waals surface area contributed by atoms with Gasteiger partial charge in [0.1, 0.15) is 5.82 Å². The standard InChI is InChI=1S/C18H16BrFN2O2/c1-11-7-13(19)5-6-16(11)21-18(24)12-8-17(23)22(10-12)15-4-2-3-14(20)9-15/h2-7,9,12H,8,10H2,1H3,(H,21,24). The van der Waals surface area contributed by atoms with Crippen molar-refractivity contribution in [2.75, 3.05) is 16.8 Å². The highest BCUT2D eigenvalue weighted by molar-refractivity contribution is 9.10. The minimum absolute atomic E-state index is 0.123. The molecule has 1 fully saturated rings. The fourth-order valence-electron chi connectivity index (χ4n) is 2.78. The summed E-state index contributed by atoms with van der Waals surface area (Å²) in [5.74, 6) is -1.23. The second-order valence-corrected chi connectivity index (χ2v) is 6.75. The highest BCUT2D eigenvalue weighted by Crippen LogP contribution is 2.27. The van der Waals surface area contributed by atoms with E-state index in [9.17, 15) is 14.0 Å². The molecule has 6 heteroatoms. The third kappa shape index (κ3) is 3.48. The van der Waals surface area contributed by atoms with E-state index < -0.39 is 11.7 Å². The molecule has 1 saturated heterocycles. The second kappa shape index (κ2) is 6.73. The highest BCUT2D eigenvalue weighted by Gasteiger charge is 2.35. The number of hydrogen-bond donors (Lipinski definition) is 1. The summed E-state index contributed by atoms with van der Waals surface area (Å²) < 4.78 is 14.3. The number of halogens is 2. The second-order valence-electron chi connectivity index (χ2n) is 5.83. The molecule has 0 aromatic heterocycles. The van der Waals surface area contributed by atoms with Crippen LogP contribution >= 0.6 is 15.9 Å². The van der Waals surface area contributed by atoms with Gasteiger partial charge >= 0.3 is 0 Å². The number of rotatable bonds is 3. The molecule has 124 valence electrons. The number of aryl methyl sites for hydroxylation is 1. The van der Waals surface area contributed by atoms with Crippen molar-refractivity contribution in [1.82, 2.24) is 0 Å². The van der Waals surface area contributed by atoms with Crippen LogP contribution in [-0.4, -0.2) is 18.4 Å². The van der Waals surface area contributed by atoms with Crippen LogP contribution in [0.1, 0.15) is 12.0 Å². The minimum atomic E-state index is -0.455. The van der Waals surface area contributed by atoms with Gasteiger partial charge in [0.2, 0.25) is 11.8 Å². The third-order valence-corrected chi connectivity index (χ3v) is 4.56. The van der Waals surface area contributed by atoms with Crippen LogP contribution < -0.4 is 10.2 Å². The zero-order valence-corrected chi connectivity index (χ0v) is 14.6. The van der Waals surface area contributed by atoms with Gasteiger partial charge in [0.25, 0.3) is 0 Å². The van der Waals surface area contributed by atoms with Crippen molar-refractivity contribution < 1.29 is 14.0 Å². The van der Waals surface area contributed by atoms with E-state index in [1.54, 1.807) is 12.1 Å². The summed E-state index contributed by atoms with van der Waals surface area (Å²) in [7, 11) is 0. The lowest BCUT2D eigenvalue weighted by atomic mass is 10.1. The monoisotopic (exact) mass is 390 g/mol. The smallest absolute Gasteiger partial charge is 0.229 e. The Morgan fingerprint density at radius 3 is 2.79 bits per heavy atom. The first kappa shape index (κ1) is 16.6. The Bertz CT molecular complexity index is 809. The van der Waals surface area contributed by atoms with E-state index in [2.05, 4.69) is 21.2 Å². The summed E-state index contributed by atoms with van der Waals surface area (Å²) in [6.45, 7) is 2.16. The summed E-state index contributed by atoms with van der Waals surface area (Å²) in [6, 6.07) is 11.4. The first-order valence-corrected chi connectivity index (χ1v) is 8.36. The molecule has 1 aliphatic rings. The topological polar surface area (TPSA) is 49.4 Å². The maximum absolute atomic E-state index is 13.3. The van der Waals surface area contributed by atoms with Crippen LogP contribution in [0.15, 0.2) is 46.9 Å². The first-order valence-electron chi connectivity index (χ1n) is 7.57. The summed E-state index contributed by atoms with van der Waals surface area (Å²) in [5.41, 5.74) is 2.14. The van der Waals surface area contributed by atoms with E-state index in [1.807, 2.05) is 25.1 Å². The molecule has 1 heterocycles. The van der Waals surface area contributed by atoms with Crippen LogP contribution in [0.4, 0.5) is 15.8 Å². The first-order chi connectivity index (χ1) is 11.4. The van der Waals surface area contributed by atoms with Gasteiger partial charge in [0, 0.05) is 28.8 Å². The zero-order valence-electron chi connectivity index (χ0n) is 13.1. The van der Waals surface area contributed by atoms with E-state index in [4.69, 9.17) is 0 Å². The van der Waals surface area contributed by atoms with E-state index >= 15 is 0 Å². The predicted octanol–water partition coefficient (Wildman–Crippen LogP) is 3.89. The molecule has 2 amide bonds. The molecule has 1 N–H and O–H groups in total. The van der Waals surface area contributed by atoms with Crippen molar-refractivity contribution in [3.8, 4) is 0 Å². The van der Waals surface area contributed by atoms with E-state index in [0.29, 0.717) is 5.69 Å². The van der Waals surface area contributed by atoms with E-state index in [0.717, 1.165) is 15.7 Å². The molecule has 3 rings (SSSR count). The fraction of sp³-hybridized carbons (Fsp3) is 0.222. The van der Waals surface area contributed by atoms with Gasteiger partial charge < -0.3 is 10.2 Å². The van der Waals surface area contributed by atoms with E-state index in [1.165, 1.54) is 17.0 Å². The lowest BCUT2D eigenvalue weighted by Crippen LogP contribution is -2.28. The van der Waals surface area contributed by atoms with Crippen LogP contribution in [0, 0.1) is 18.7 Å². The Kier molecular flexibility index (Phi) is 4.66. The molecule has 0 saturated carbocycles. The molecule has 2 aromatic rings. The lowest BCUT2D eigenvalue weighted by molar-refractivity contribution is -0.122. The maximum Gasteiger partial charge on any atom is 0.229 e. The summed E-state index contributed by atoms with van der Waals surface area (Å²) in [4.78, 5) is 26.1. The molecular formula is C18H16BrFN2O2. The van der Waals surface area contributed by atoms with E-state index in [-0.39, 0.29) is 24.8 Å². The van der Waals surface area contributed by atoms with Crippen LogP contribution in [0.2, 0.25) is 0 Å². The number of amides is 2. The van der Waals surface area contributed by atoms with Crippen LogP contribution in [0.5, 0.6) is 0 Å². The lowest BCUT2D eigenvalue weighted by Gasteiger charge is -2.17. The molecule has 1 atom stereocenters. The van der Waals surface area contributed by atoms with Gasteiger partial charge in [-0.25, -0.2) is 4.39 Å². The number of nitrogens with zero attached hydrogens (tertiary/aromatic N) is 1. The van der Waals surface area contributed by atoms with Crippen molar-refractivity contribution >= 4 is 39.1 Å². The molecule has 0 spiro atoms. The summed E-state index contributed by atoms with van der Waals surface area (Å²) >= 11 is 3.38. The van der Waals surface area contributed by atoms with Crippen molar-refractivity contribution in [3.63, 3.8) is 0 Å². The maximum atomic E-state index is 13.3. The van der Waals surface area contributed by atoms with Crippen LogP contribution in [-0.2, 0) is 9.59 Å². The SMILES string of the molecule is Cc1cc(Br)ccc1NC(=O)C1CC(=O)N(c2cccc(F)c2)C1. The molecule has 4 nitrogen and oxygen atoms in total. The Morgan fingerprint density at radius 1 is 1.29 bits per heavy atom. The molecular weight excluding hydrogens is 375 g/mol. The van der Waals surface area contributed by atoms with Gasteiger partial charge in [-0.2, -0.15) is 0 Å². The van der Waals surface area contributed by atoms with Crippen molar-refractivity contribution in [1.29, 1.82) is 0 Å². The zero-order chi connectivity index (χ0) is 17.3. The number of carbonyl (C=O) groups is 2. The Hall–Kier alpha value is -2.21. The van der Waals surface area contributed by atoms with Crippen molar-refractivity contribution in [2.45, 2.75) is 13.3 Å². The number of carbonyl (C=O) groups excluding carboxylic acids is 2. The molecule has 0 radical (unpaired) electrons. The predicted molar refractivity (Wildman–Crippen MR) is 94.4 cm³/mol. The summed E-state index contributed by atoms with van der Waals surface area (Å²) in [5, 5.41) is 2.87. The average molecular weight is 391 g/mol. The quantitative estimate of drug-likeness (QED) is 0.863. The van der Waals surface area contributed by atoms with Gasteiger partial charge in [-0.3, -0.25) is 9.59 Å². The third-order valence-electron chi connectivity index (χ3n) is 4.06. The fourth-order valence-corrected chi connectivity index (χ4v) is 3.25. The largest absolute Gasteiger partial charge is 0.326 e. The van der Waals surface area contributed by atoms with Gasteiger partial charge in [-0.15, -0.1) is 0 Å². The number of hydrogen-bond acceptors (Lipinski definition) is 2. The molecule has 1 unspecified atom stereocenters. The highest BCUT2D eigenvalue weighted by atomic mass is 79.9. The van der Waals surface area contributed by atoms with Crippen LogP contribution in [0.25, 0.3) is 0 Å². The molecule has 0 bridgehead atoms. The normalized spacial score (nSPS) is 17.2. The molecule has 0 aliphatic carbocycles. The number of anilines is 2. The Balaban J connectivity index is 1.72. The number of benzene rings is 2. The minimum Gasteiger partial charge on any atom is -0.326 e. The van der Waals surface area contributed by atoms with Gasteiger partial charge in [-0.1, -0.05) is 22.0 Å². The van der Waals surface area contributed by atoms with Gasteiger partial charge in [0.15, 0.2) is 0 Å². The summed E-state index contributed by atoms with van der Waals surface area (Å²) in [6.07, 6.45) is 0.123. The van der Waals surface area contributed by atoms with Gasteiger partial charge in [-0.05, 0) is 48.9 Å². The average Bonchev–Trinajstić information content (AvgIpc) is 2.92. The molecule has 2 aromatic carbocycles. The molecule has 24 heavy (non-hydrogen) atoms. The van der Waals surface area contributed by atoms with Crippen molar-refractivity contribution in [3.05, 3.63) is 58.3 Å². The Morgan fingerprint density at radius 2 is 2.08 bits per heavy atom. The molecule has 1 aliphatic heterocycles. The van der Waals surface area contributed by atoms with Gasteiger partial charge in [0.05, 0.1) is 5.92 Å². The number of nitrogens with one attached hydrogen (secondary N) is 1.